The highest BCUT2D eigenvalue weighted by atomic mass is 16.4. The molecule has 0 aliphatic heterocycles. The fourth-order valence-electron chi connectivity index (χ4n) is 1.46. The lowest BCUT2D eigenvalue weighted by atomic mass is 10.2. The van der Waals surface area contributed by atoms with Gasteiger partial charge in [0, 0.05) is 19.3 Å². The Balaban J connectivity index is 2.59. The molecule has 0 bridgehead atoms. The van der Waals surface area contributed by atoms with Crippen LogP contribution in [-0.2, 0) is 0 Å². The van der Waals surface area contributed by atoms with Gasteiger partial charge in [0.1, 0.15) is 0 Å². The lowest BCUT2D eigenvalue weighted by Gasteiger charge is -2.18. The van der Waals surface area contributed by atoms with E-state index < -0.39 is 5.97 Å². The van der Waals surface area contributed by atoms with Crippen molar-refractivity contribution in [1.29, 1.82) is 0 Å². The molecule has 1 aromatic carbocycles. The number of aromatic carboxylic acids is 1. The van der Waals surface area contributed by atoms with Crippen LogP contribution in [0.1, 0.15) is 23.2 Å². The summed E-state index contributed by atoms with van der Waals surface area (Å²) in [5.74, 6) is -0.888. The number of hydrogen-bond donors (Lipinski definition) is 1. The molecule has 0 saturated carbocycles. The second kappa shape index (κ2) is 5.95. The van der Waals surface area contributed by atoms with Crippen molar-refractivity contribution in [2.45, 2.75) is 12.8 Å². The number of unbranched alkanes of at least 4 members (excludes halogenated alkanes) is 1. The van der Waals surface area contributed by atoms with Gasteiger partial charge < -0.3 is 10.0 Å². The van der Waals surface area contributed by atoms with Gasteiger partial charge in [-0.15, -0.1) is 6.58 Å². The minimum absolute atomic E-state index is 0.322. The molecule has 0 unspecified atom stereocenters. The molecular formula is C13H17NO2. The summed E-state index contributed by atoms with van der Waals surface area (Å²) in [5.41, 5.74) is 1.36. The van der Waals surface area contributed by atoms with Gasteiger partial charge in [0.2, 0.25) is 0 Å². The predicted octanol–water partition coefficient (Wildman–Crippen LogP) is 2.79. The van der Waals surface area contributed by atoms with E-state index in [-0.39, 0.29) is 0 Å². The summed E-state index contributed by atoms with van der Waals surface area (Å²) in [6, 6.07) is 6.91. The molecule has 0 fully saturated rings. The molecule has 1 aromatic rings. The number of benzene rings is 1. The number of carboxylic acids is 1. The number of carbonyl (C=O) groups is 1. The van der Waals surface area contributed by atoms with Gasteiger partial charge in [0.25, 0.3) is 0 Å². The third-order valence-corrected chi connectivity index (χ3v) is 2.46. The lowest BCUT2D eigenvalue weighted by molar-refractivity contribution is 0.0697. The van der Waals surface area contributed by atoms with Gasteiger partial charge in [-0.1, -0.05) is 6.08 Å². The molecule has 0 radical (unpaired) electrons. The first kappa shape index (κ1) is 12.3. The molecular weight excluding hydrogens is 202 g/mol. The first-order chi connectivity index (χ1) is 7.65. The number of hydrogen-bond acceptors (Lipinski definition) is 2. The zero-order chi connectivity index (χ0) is 12.0. The quantitative estimate of drug-likeness (QED) is 0.590. The summed E-state index contributed by atoms with van der Waals surface area (Å²) >= 11 is 0. The number of nitrogens with zero attached hydrogens (tertiary/aromatic N) is 1. The maximum atomic E-state index is 10.7. The molecule has 3 heteroatoms. The van der Waals surface area contributed by atoms with Gasteiger partial charge in [0.05, 0.1) is 5.56 Å². The van der Waals surface area contributed by atoms with Crippen molar-refractivity contribution in [3.05, 3.63) is 42.5 Å². The van der Waals surface area contributed by atoms with Gasteiger partial charge in [-0.05, 0) is 37.1 Å². The second-order valence-electron chi connectivity index (χ2n) is 3.70. The van der Waals surface area contributed by atoms with Crippen LogP contribution in [0.4, 0.5) is 5.69 Å². The molecule has 1 N–H and O–H groups in total. The Labute approximate surface area is 96.0 Å². The largest absolute Gasteiger partial charge is 0.478 e. The van der Waals surface area contributed by atoms with Crippen LogP contribution in [0.3, 0.4) is 0 Å². The van der Waals surface area contributed by atoms with E-state index in [0.717, 1.165) is 25.1 Å². The highest BCUT2D eigenvalue weighted by Gasteiger charge is 2.03. The molecule has 0 saturated heterocycles. The van der Waals surface area contributed by atoms with Gasteiger partial charge >= 0.3 is 5.97 Å². The Bertz CT molecular complexity index is 357. The van der Waals surface area contributed by atoms with Crippen LogP contribution in [0.25, 0.3) is 0 Å². The maximum absolute atomic E-state index is 10.7. The van der Waals surface area contributed by atoms with Gasteiger partial charge in [0.15, 0.2) is 0 Å². The van der Waals surface area contributed by atoms with Crippen LogP contribution in [-0.4, -0.2) is 24.7 Å². The summed E-state index contributed by atoms with van der Waals surface area (Å²) in [7, 11) is 2.00. The second-order valence-corrected chi connectivity index (χ2v) is 3.70. The van der Waals surface area contributed by atoms with Gasteiger partial charge in [-0.2, -0.15) is 0 Å². The summed E-state index contributed by atoms with van der Waals surface area (Å²) in [5, 5.41) is 8.76. The molecule has 0 heterocycles. The third kappa shape index (κ3) is 3.42. The predicted molar refractivity (Wildman–Crippen MR) is 66.1 cm³/mol. The van der Waals surface area contributed by atoms with Crippen molar-refractivity contribution in [3.8, 4) is 0 Å². The first-order valence-electron chi connectivity index (χ1n) is 5.30. The van der Waals surface area contributed by atoms with Crippen LogP contribution in [0.2, 0.25) is 0 Å². The Morgan fingerprint density at radius 3 is 2.56 bits per heavy atom. The number of allylic oxidation sites excluding steroid dienone is 1. The zero-order valence-corrected chi connectivity index (χ0v) is 9.52. The van der Waals surface area contributed by atoms with E-state index in [1.165, 1.54) is 0 Å². The highest BCUT2D eigenvalue weighted by molar-refractivity contribution is 5.88. The Morgan fingerprint density at radius 1 is 1.44 bits per heavy atom. The number of rotatable bonds is 6. The Morgan fingerprint density at radius 2 is 2.06 bits per heavy atom. The molecule has 1 rings (SSSR count). The van der Waals surface area contributed by atoms with E-state index in [2.05, 4.69) is 11.5 Å². The van der Waals surface area contributed by atoms with E-state index in [1.807, 2.05) is 25.3 Å². The average Bonchev–Trinajstić information content (AvgIpc) is 2.29. The van der Waals surface area contributed by atoms with Crippen LogP contribution in [0.5, 0.6) is 0 Å². The molecule has 86 valence electrons. The van der Waals surface area contributed by atoms with Crippen LogP contribution < -0.4 is 4.90 Å². The smallest absolute Gasteiger partial charge is 0.335 e. The van der Waals surface area contributed by atoms with Crippen molar-refractivity contribution in [2.24, 2.45) is 0 Å². The maximum Gasteiger partial charge on any atom is 0.335 e. The molecule has 0 amide bonds. The molecule has 0 aromatic heterocycles. The minimum Gasteiger partial charge on any atom is -0.478 e. The summed E-state index contributed by atoms with van der Waals surface area (Å²) < 4.78 is 0. The number of anilines is 1. The molecule has 0 aliphatic carbocycles. The summed E-state index contributed by atoms with van der Waals surface area (Å²) in [6.07, 6.45) is 3.96. The summed E-state index contributed by atoms with van der Waals surface area (Å²) in [6.45, 7) is 4.62. The lowest BCUT2D eigenvalue weighted by Crippen LogP contribution is -2.18. The molecule has 0 atom stereocenters. The van der Waals surface area contributed by atoms with Crippen LogP contribution in [0, 0.1) is 0 Å². The monoisotopic (exact) mass is 219 g/mol. The molecule has 0 aliphatic rings. The summed E-state index contributed by atoms with van der Waals surface area (Å²) in [4.78, 5) is 12.8. The fourth-order valence-corrected chi connectivity index (χ4v) is 1.46. The van der Waals surface area contributed by atoms with E-state index in [9.17, 15) is 4.79 Å². The average molecular weight is 219 g/mol. The Kier molecular flexibility index (Phi) is 4.58. The minimum atomic E-state index is -0.888. The van der Waals surface area contributed by atoms with E-state index in [4.69, 9.17) is 5.11 Å². The van der Waals surface area contributed by atoms with Crippen molar-refractivity contribution in [1.82, 2.24) is 0 Å². The van der Waals surface area contributed by atoms with Gasteiger partial charge in [-0.3, -0.25) is 0 Å². The topological polar surface area (TPSA) is 40.5 Å². The van der Waals surface area contributed by atoms with E-state index in [0.29, 0.717) is 5.56 Å². The SMILES string of the molecule is C=CCCCN(C)c1ccc(C(=O)O)cc1. The third-order valence-electron chi connectivity index (χ3n) is 2.46. The highest BCUT2D eigenvalue weighted by Crippen LogP contribution is 2.14. The first-order valence-corrected chi connectivity index (χ1v) is 5.30. The zero-order valence-electron chi connectivity index (χ0n) is 9.52. The Hall–Kier alpha value is -1.77. The van der Waals surface area contributed by atoms with Crippen LogP contribution in [0.15, 0.2) is 36.9 Å². The van der Waals surface area contributed by atoms with Crippen molar-refractivity contribution < 1.29 is 9.90 Å². The normalized spacial score (nSPS) is 9.81. The van der Waals surface area contributed by atoms with Crippen molar-refractivity contribution in [2.75, 3.05) is 18.5 Å². The van der Waals surface area contributed by atoms with E-state index >= 15 is 0 Å². The fraction of sp³-hybridized carbons (Fsp3) is 0.308. The van der Waals surface area contributed by atoms with E-state index in [1.54, 1.807) is 12.1 Å². The van der Waals surface area contributed by atoms with Crippen molar-refractivity contribution >= 4 is 11.7 Å². The molecule has 16 heavy (non-hydrogen) atoms. The van der Waals surface area contributed by atoms with Crippen molar-refractivity contribution in [3.63, 3.8) is 0 Å². The molecule has 3 nitrogen and oxygen atoms in total. The molecule has 0 spiro atoms. The van der Waals surface area contributed by atoms with Gasteiger partial charge in [-0.25, -0.2) is 4.79 Å². The standard InChI is InChI=1S/C13H17NO2/c1-3-4-5-10-14(2)12-8-6-11(7-9-12)13(15)16/h3,6-9H,1,4-5,10H2,2H3,(H,15,16). The number of carboxylic acid groups (broad SMARTS) is 1. The van der Waals surface area contributed by atoms with Crippen LogP contribution >= 0.6 is 0 Å².